The Balaban J connectivity index is 2.23. The predicted octanol–water partition coefficient (Wildman–Crippen LogP) is 0.819. The lowest BCUT2D eigenvalue weighted by Gasteiger charge is -2.23. The number of ether oxygens (including phenoxy) is 1. The lowest BCUT2D eigenvalue weighted by molar-refractivity contribution is 0.291. The van der Waals surface area contributed by atoms with Gasteiger partial charge in [-0.2, -0.15) is 4.31 Å². The van der Waals surface area contributed by atoms with E-state index in [1.165, 1.54) is 4.31 Å². The van der Waals surface area contributed by atoms with Crippen LogP contribution in [0.3, 0.4) is 0 Å². The van der Waals surface area contributed by atoms with Crippen molar-refractivity contribution in [3.63, 3.8) is 0 Å². The molecule has 106 valence electrons. The zero-order valence-corrected chi connectivity index (χ0v) is 12.1. The van der Waals surface area contributed by atoms with Crippen LogP contribution < -0.4 is 10.1 Å². The first kappa shape index (κ1) is 14.3. The first-order chi connectivity index (χ1) is 9.05. The van der Waals surface area contributed by atoms with Crippen LogP contribution in [-0.4, -0.2) is 44.7 Å². The van der Waals surface area contributed by atoms with E-state index in [-0.39, 0.29) is 0 Å². The maximum atomic E-state index is 12.5. The second-order valence-corrected chi connectivity index (χ2v) is 7.05. The van der Waals surface area contributed by atoms with Crippen molar-refractivity contribution in [2.24, 2.45) is 0 Å². The molecule has 0 aliphatic carbocycles. The first-order valence-corrected chi connectivity index (χ1v) is 7.90. The third-order valence-electron chi connectivity index (χ3n) is 3.28. The van der Waals surface area contributed by atoms with E-state index in [2.05, 4.69) is 5.32 Å². The van der Waals surface area contributed by atoms with Gasteiger partial charge in [0.1, 0.15) is 12.4 Å². The predicted molar refractivity (Wildman–Crippen MR) is 74.7 cm³/mol. The number of nitrogens with zero attached hydrogens (tertiary/aromatic N) is 1. The van der Waals surface area contributed by atoms with Crippen LogP contribution in [0.2, 0.25) is 0 Å². The number of rotatable bonds is 4. The minimum absolute atomic E-state index is 0.382. The number of hydrogen-bond donors (Lipinski definition) is 1. The van der Waals surface area contributed by atoms with Crippen molar-refractivity contribution in [3.05, 3.63) is 29.8 Å². The summed E-state index contributed by atoms with van der Waals surface area (Å²) in [4.78, 5) is 0. The molecule has 0 saturated carbocycles. The number of para-hydroxylation sites is 1. The number of nitrogens with one attached hydrogen (secondary N) is 1. The van der Waals surface area contributed by atoms with E-state index in [9.17, 15) is 8.42 Å². The van der Waals surface area contributed by atoms with Crippen molar-refractivity contribution >= 4 is 10.0 Å². The van der Waals surface area contributed by atoms with E-state index >= 15 is 0 Å². The fourth-order valence-electron chi connectivity index (χ4n) is 2.17. The standard InChI is InChI=1S/C13H20N2O3S/c1-11(9-14-2)19(16,17)15-7-8-18-13-6-4-3-5-12(13)10-15/h3-6,11,14H,7-10H2,1-2H3. The fourth-order valence-corrected chi connectivity index (χ4v) is 3.70. The summed E-state index contributed by atoms with van der Waals surface area (Å²) in [6.45, 7) is 3.34. The molecule has 6 heteroatoms. The minimum Gasteiger partial charge on any atom is -0.492 e. The van der Waals surface area contributed by atoms with Gasteiger partial charge in [0.05, 0.1) is 5.25 Å². The van der Waals surface area contributed by atoms with Crippen LogP contribution in [0.4, 0.5) is 0 Å². The first-order valence-electron chi connectivity index (χ1n) is 6.40. The SMILES string of the molecule is CNCC(C)S(=O)(=O)N1CCOc2ccccc2C1. The largest absolute Gasteiger partial charge is 0.492 e. The number of hydrogen-bond acceptors (Lipinski definition) is 4. The molecule has 0 radical (unpaired) electrons. The molecular weight excluding hydrogens is 264 g/mol. The van der Waals surface area contributed by atoms with E-state index in [1.54, 1.807) is 14.0 Å². The molecule has 1 unspecified atom stereocenters. The maximum Gasteiger partial charge on any atom is 0.218 e. The average molecular weight is 284 g/mol. The Hall–Kier alpha value is -1.11. The Morgan fingerprint density at radius 3 is 2.89 bits per heavy atom. The topological polar surface area (TPSA) is 58.6 Å². The molecule has 1 aliphatic heterocycles. The van der Waals surface area contributed by atoms with Gasteiger partial charge in [0.2, 0.25) is 10.0 Å². The van der Waals surface area contributed by atoms with Gasteiger partial charge in [-0.1, -0.05) is 18.2 Å². The zero-order chi connectivity index (χ0) is 13.9. The molecule has 1 N–H and O–H groups in total. The second kappa shape index (κ2) is 5.90. The molecule has 0 saturated heterocycles. The minimum atomic E-state index is -3.30. The Kier molecular flexibility index (Phi) is 4.44. The normalized spacial score (nSPS) is 18.2. The van der Waals surface area contributed by atoms with Crippen molar-refractivity contribution in [3.8, 4) is 5.75 Å². The smallest absolute Gasteiger partial charge is 0.218 e. The van der Waals surface area contributed by atoms with Gasteiger partial charge in [0, 0.05) is 25.2 Å². The summed E-state index contributed by atoms with van der Waals surface area (Å²) in [7, 11) is -1.54. The second-order valence-electron chi connectivity index (χ2n) is 4.70. The monoisotopic (exact) mass is 284 g/mol. The van der Waals surface area contributed by atoms with Gasteiger partial charge < -0.3 is 10.1 Å². The summed E-state index contributed by atoms with van der Waals surface area (Å²) >= 11 is 0. The lowest BCUT2D eigenvalue weighted by atomic mass is 10.2. The summed E-state index contributed by atoms with van der Waals surface area (Å²) < 4.78 is 32.0. The van der Waals surface area contributed by atoms with Crippen LogP contribution >= 0.6 is 0 Å². The van der Waals surface area contributed by atoms with Crippen LogP contribution in [0.15, 0.2) is 24.3 Å². The third kappa shape index (κ3) is 3.08. The number of sulfonamides is 1. The van der Waals surface area contributed by atoms with E-state index < -0.39 is 15.3 Å². The number of benzene rings is 1. The maximum absolute atomic E-state index is 12.5. The molecule has 2 rings (SSSR count). The Bertz CT molecular complexity index is 530. The van der Waals surface area contributed by atoms with Gasteiger partial charge in [-0.05, 0) is 20.0 Å². The van der Waals surface area contributed by atoms with Crippen LogP contribution in [-0.2, 0) is 16.6 Å². The van der Waals surface area contributed by atoms with Gasteiger partial charge in [0.15, 0.2) is 0 Å². The van der Waals surface area contributed by atoms with Crippen molar-refractivity contribution in [2.45, 2.75) is 18.7 Å². The molecule has 1 heterocycles. The summed E-state index contributed by atoms with van der Waals surface area (Å²) in [5.74, 6) is 0.779. The molecule has 0 spiro atoms. The summed E-state index contributed by atoms with van der Waals surface area (Å²) in [5, 5.41) is 2.47. The van der Waals surface area contributed by atoms with Gasteiger partial charge in [-0.25, -0.2) is 8.42 Å². The molecule has 0 bridgehead atoms. The van der Waals surface area contributed by atoms with E-state index in [4.69, 9.17) is 4.74 Å². The molecule has 5 nitrogen and oxygen atoms in total. The Morgan fingerprint density at radius 1 is 1.42 bits per heavy atom. The van der Waals surface area contributed by atoms with Gasteiger partial charge in [-0.15, -0.1) is 0 Å². The Labute approximate surface area is 114 Å². The zero-order valence-electron chi connectivity index (χ0n) is 11.3. The van der Waals surface area contributed by atoms with Gasteiger partial charge in [0.25, 0.3) is 0 Å². The summed E-state index contributed by atoms with van der Waals surface area (Å²) in [6.07, 6.45) is 0. The number of fused-ring (bicyclic) bond motifs is 1. The molecule has 19 heavy (non-hydrogen) atoms. The molecule has 0 aromatic heterocycles. The fraction of sp³-hybridized carbons (Fsp3) is 0.538. The molecule has 0 amide bonds. The van der Waals surface area contributed by atoms with Crippen LogP contribution in [0.5, 0.6) is 5.75 Å². The lowest BCUT2D eigenvalue weighted by Crippen LogP contribution is -2.42. The molecule has 1 aliphatic rings. The van der Waals surface area contributed by atoms with E-state index in [0.717, 1.165) is 11.3 Å². The molecule has 1 aromatic rings. The van der Waals surface area contributed by atoms with Gasteiger partial charge >= 0.3 is 0 Å². The highest BCUT2D eigenvalue weighted by Gasteiger charge is 2.30. The third-order valence-corrected chi connectivity index (χ3v) is 5.49. The Morgan fingerprint density at radius 2 is 2.16 bits per heavy atom. The highest BCUT2D eigenvalue weighted by Crippen LogP contribution is 2.24. The van der Waals surface area contributed by atoms with Crippen LogP contribution in [0, 0.1) is 0 Å². The van der Waals surface area contributed by atoms with Gasteiger partial charge in [-0.3, -0.25) is 0 Å². The molecule has 0 fully saturated rings. The van der Waals surface area contributed by atoms with Crippen molar-refractivity contribution in [2.75, 3.05) is 26.7 Å². The van der Waals surface area contributed by atoms with E-state index in [0.29, 0.717) is 26.2 Å². The van der Waals surface area contributed by atoms with Crippen LogP contribution in [0.25, 0.3) is 0 Å². The highest BCUT2D eigenvalue weighted by molar-refractivity contribution is 7.89. The van der Waals surface area contributed by atoms with Crippen LogP contribution in [0.1, 0.15) is 12.5 Å². The molecule has 1 atom stereocenters. The quantitative estimate of drug-likeness (QED) is 0.889. The highest BCUT2D eigenvalue weighted by atomic mass is 32.2. The van der Waals surface area contributed by atoms with Crippen molar-refractivity contribution < 1.29 is 13.2 Å². The van der Waals surface area contributed by atoms with Crippen molar-refractivity contribution in [1.82, 2.24) is 9.62 Å². The average Bonchev–Trinajstić information content (AvgIpc) is 2.61. The van der Waals surface area contributed by atoms with E-state index in [1.807, 2.05) is 24.3 Å². The molecular formula is C13H20N2O3S. The van der Waals surface area contributed by atoms with Crippen molar-refractivity contribution in [1.29, 1.82) is 0 Å². The molecule has 1 aromatic carbocycles. The summed E-state index contributed by atoms with van der Waals surface area (Å²) in [5.41, 5.74) is 0.917. The summed E-state index contributed by atoms with van der Waals surface area (Å²) in [6, 6.07) is 7.58.